The van der Waals surface area contributed by atoms with Crippen molar-refractivity contribution < 1.29 is 4.74 Å². The van der Waals surface area contributed by atoms with E-state index in [1.807, 2.05) is 18.2 Å². The molecule has 2 rings (SSSR count). The maximum atomic E-state index is 5.32. The number of nitrogens with one attached hydrogen (secondary N) is 2. The van der Waals surface area contributed by atoms with Crippen LogP contribution in [-0.2, 0) is 4.74 Å². The number of morpholine rings is 1. The smallest absolute Gasteiger partial charge is 0.128 e. The molecule has 2 heterocycles. The van der Waals surface area contributed by atoms with Gasteiger partial charge in [0.25, 0.3) is 0 Å². The average Bonchev–Trinajstić information content (AvgIpc) is 2.41. The van der Waals surface area contributed by atoms with Gasteiger partial charge in [0.2, 0.25) is 0 Å². The number of aromatic nitrogens is 1. The lowest BCUT2D eigenvalue weighted by Crippen LogP contribution is -2.39. The normalized spacial score (nSPS) is 16.5. The molecule has 0 spiro atoms. The summed E-state index contributed by atoms with van der Waals surface area (Å²) in [7, 11) is 0. The van der Waals surface area contributed by atoms with Crippen LogP contribution in [0.5, 0.6) is 0 Å². The third kappa shape index (κ3) is 4.16. The highest BCUT2D eigenvalue weighted by molar-refractivity contribution is 5.44. The number of anilines is 2. The summed E-state index contributed by atoms with van der Waals surface area (Å²) in [5.74, 6) is 1.86. The number of hydrogen-bond donors (Lipinski definition) is 2. The number of ether oxygens (including phenoxy) is 1. The van der Waals surface area contributed by atoms with E-state index in [1.165, 1.54) is 0 Å². The quantitative estimate of drug-likeness (QED) is 0.796. The molecule has 18 heavy (non-hydrogen) atoms. The Morgan fingerprint density at radius 2 is 1.94 bits per heavy atom. The van der Waals surface area contributed by atoms with Gasteiger partial charge in [0.05, 0.1) is 13.2 Å². The van der Waals surface area contributed by atoms with E-state index in [-0.39, 0.29) is 0 Å². The van der Waals surface area contributed by atoms with E-state index in [9.17, 15) is 0 Å². The van der Waals surface area contributed by atoms with E-state index in [2.05, 4.69) is 27.4 Å². The van der Waals surface area contributed by atoms with E-state index >= 15 is 0 Å². The zero-order valence-corrected chi connectivity index (χ0v) is 11.0. The minimum absolute atomic E-state index is 0.855. The summed E-state index contributed by atoms with van der Waals surface area (Å²) in [5.41, 5.74) is 0. The van der Waals surface area contributed by atoms with E-state index < -0.39 is 0 Å². The highest BCUT2D eigenvalue weighted by Crippen LogP contribution is 2.08. The maximum absolute atomic E-state index is 5.32. The molecule has 1 aromatic heterocycles. The van der Waals surface area contributed by atoms with E-state index in [0.29, 0.717) is 0 Å². The predicted molar refractivity (Wildman–Crippen MR) is 74.1 cm³/mol. The van der Waals surface area contributed by atoms with Gasteiger partial charge in [-0.1, -0.05) is 6.07 Å². The Bertz CT molecular complexity index is 353. The molecular weight excluding hydrogens is 228 g/mol. The van der Waals surface area contributed by atoms with Crippen LogP contribution in [0, 0.1) is 0 Å². The first-order valence-electron chi connectivity index (χ1n) is 6.63. The van der Waals surface area contributed by atoms with Crippen LogP contribution in [0.15, 0.2) is 18.2 Å². The lowest BCUT2D eigenvalue weighted by atomic mass is 10.4. The van der Waals surface area contributed by atoms with Crippen LogP contribution in [0.1, 0.15) is 6.92 Å². The molecular formula is C13H22N4O. The molecule has 0 radical (unpaired) electrons. The SMILES string of the molecule is CCNc1cccc(NCCN2CCOCC2)n1. The van der Waals surface area contributed by atoms with Crippen molar-refractivity contribution in [1.82, 2.24) is 9.88 Å². The van der Waals surface area contributed by atoms with Crippen LogP contribution in [0.3, 0.4) is 0 Å². The van der Waals surface area contributed by atoms with Crippen LogP contribution in [-0.4, -0.2) is 55.8 Å². The first-order valence-corrected chi connectivity index (χ1v) is 6.63. The Balaban J connectivity index is 1.73. The predicted octanol–water partition coefficient (Wildman–Crippen LogP) is 1.26. The minimum Gasteiger partial charge on any atom is -0.379 e. The minimum atomic E-state index is 0.855. The van der Waals surface area contributed by atoms with Gasteiger partial charge in [-0.3, -0.25) is 4.90 Å². The molecule has 0 aromatic carbocycles. The molecule has 1 fully saturated rings. The van der Waals surface area contributed by atoms with Crippen molar-refractivity contribution in [3.8, 4) is 0 Å². The second-order valence-electron chi connectivity index (χ2n) is 4.32. The summed E-state index contributed by atoms with van der Waals surface area (Å²) in [5, 5.41) is 6.57. The Morgan fingerprint density at radius 1 is 1.22 bits per heavy atom. The van der Waals surface area contributed by atoms with Gasteiger partial charge in [-0.15, -0.1) is 0 Å². The molecule has 1 aromatic rings. The highest BCUT2D eigenvalue weighted by atomic mass is 16.5. The third-order valence-electron chi connectivity index (χ3n) is 2.94. The molecule has 0 bridgehead atoms. The van der Waals surface area contributed by atoms with Gasteiger partial charge >= 0.3 is 0 Å². The molecule has 1 aliphatic heterocycles. The fraction of sp³-hybridized carbons (Fsp3) is 0.615. The molecule has 0 unspecified atom stereocenters. The molecule has 0 aliphatic carbocycles. The van der Waals surface area contributed by atoms with Crippen LogP contribution >= 0.6 is 0 Å². The molecule has 2 N–H and O–H groups in total. The second kappa shape index (κ2) is 7.18. The second-order valence-corrected chi connectivity index (χ2v) is 4.32. The summed E-state index contributed by atoms with van der Waals surface area (Å²) >= 11 is 0. The molecule has 5 heteroatoms. The van der Waals surface area contributed by atoms with Crippen molar-refractivity contribution in [3.63, 3.8) is 0 Å². The number of pyridine rings is 1. The zero-order valence-electron chi connectivity index (χ0n) is 11.0. The van der Waals surface area contributed by atoms with Gasteiger partial charge in [-0.05, 0) is 19.1 Å². The van der Waals surface area contributed by atoms with Gasteiger partial charge in [-0.25, -0.2) is 4.98 Å². The number of nitrogens with zero attached hydrogens (tertiary/aromatic N) is 2. The van der Waals surface area contributed by atoms with Gasteiger partial charge in [0, 0.05) is 32.7 Å². The molecule has 1 aliphatic rings. The number of rotatable bonds is 6. The van der Waals surface area contributed by atoms with Crippen molar-refractivity contribution in [2.45, 2.75) is 6.92 Å². The van der Waals surface area contributed by atoms with Gasteiger partial charge < -0.3 is 15.4 Å². The van der Waals surface area contributed by atoms with Crippen molar-refractivity contribution in [3.05, 3.63) is 18.2 Å². The van der Waals surface area contributed by atoms with Crippen molar-refractivity contribution in [2.24, 2.45) is 0 Å². The average molecular weight is 250 g/mol. The molecule has 0 saturated carbocycles. The van der Waals surface area contributed by atoms with Gasteiger partial charge in [0.15, 0.2) is 0 Å². The highest BCUT2D eigenvalue weighted by Gasteiger charge is 2.09. The summed E-state index contributed by atoms with van der Waals surface area (Å²) in [6.07, 6.45) is 0. The largest absolute Gasteiger partial charge is 0.379 e. The lowest BCUT2D eigenvalue weighted by Gasteiger charge is -2.26. The fourth-order valence-electron chi connectivity index (χ4n) is 1.98. The van der Waals surface area contributed by atoms with Crippen molar-refractivity contribution >= 4 is 11.6 Å². The van der Waals surface area contributed by atoms with Crippen LogP contribution in [0.2, 0.25) is 0 Å². The van der Waals surface area contributed by atoms with Crippen LogP contribution in [0.4, 0.5) is 11.6 Å². The molecule has 0 amide bonds. The lowest BCUT2D eigenvalue weighted by molar-refractivity contribution is 0.0398. The summed E-state index contributed by atoms with van der Waals surface area (Å²) in [6.45, 7) is 8.70. The standard InChI is InChI=1S/C13H22N4O/c1-2-14-12-4-3-5-13(16-12)15-6-7-17-8-10-18-11-9-17/h3-5H,2,6-11H2,1H3,(H2,14,15,16). The Labute approximate surface area is 109 Å². The topological polar surface area (TPSA) is 49.4 Å². The summed E-state index contributed by atoms with van der Waals surface area (Å²) < 4.78 is 5.32. The summed E-state index contributed by atoms with van der Waals surface area (Å²) in [4.78, 5) is 6.89. The van der Waals surface area contributed by atoms with Gasteiger partial charge in [0.1, 0.15) is 11.6 Å². The summed E-state index contributed by atoms with van der Waals surface area (Å²) in [6, 6.07) is 6.00. The Morgan fingerprint density at radius 3 is 2.67 bits per heavy atom. The van der Waals surface area contributed by atoms with E-state index in [4.69, 9.17) is 4.74 Å². The Hall–Kier alpha value is -1.33. The number of hydrogen-bond acceptors (Lipinski definition) is 5. The zero-order chi connectivity index (χ0) is 12.6. The molecule has 1 saturated heterocycles. The van der Waals surface area contributed by atoms with E-state index in [0.717, 1.165) is 57.6 Å². The van der Waals surface area contributed by atoms with Crippen LogP contribution < -0.4 is 10.6 Å². The van der Waals surface area contributed by atoms with Crippen LogP contribution in [0.25, 0.3) is 0 Å². The monoisotopic (exact) mass is 250 g/mol. The molecule has 100 valence electrons. The van der Waals surface area contributed by atoms with Gasteiger partial charge in [-0.2, -0.15) is 0 Å². The van der Waals surface area contributed by atoms with E-state index in [1.54, 1.807) is 0 Å². The first kappa shape index (κ1) is 13.1. The molecule has 5 nitrogen and oxygen atoms in total. The third-order valence-corrected chi connectivity index (χ3v) is 2.94. The Kier molecular flexibility index (Phi) is 5.23. The van der Waals surface area contributed by atoms with Crippen molar-refractivity contribution in [2.75, 3.05) is 56.6 Å². The first-order chi connectivity index (χ1) is 8.88. The fourth-order valence-corrected chi connectivity index (χ4v) is 1.98. The van der Waals surface area contributed by atoms with Crippen molar-refractivity contribution in [1.29, 1.82) is 0 Å². The molecule has 0 atom stereocenters. The maximum Gasteiger partial charge on any atom is 0.128 e.